The predicted octanol–water partition coefficient (Wildman–Crippen LogP) is 4.50. The Bertz CT molecular complexity index is 901. The van der Waals surface area contributed by atoms with E-state index in [0.717, 1.165) is 28.1 Å². The van der Waals surface area contributed by atoms with Gasteiger partial charge in [0, 0.05) is 0 Å². The molecule has 0 fully saturated rings. The minimum Gasteiger partial charge on any atom is -0.485 e. The third-order valence-electron chi connectivity index (χ3n) is 4.34. The maximum absolute atomic E-state index is 12.3. The average molecular weight is 348 g/mol. The monoisotopic (exact) mass is 348 g/mol. The number of hydrogen-bond acceptors (Lipinski definition) is 3. The van der Waals surface area contributed by atoms with Crippen molar-refractivity contribution in [3.8, 4) is 17.0 Å². The summed E-state index contributed by atoms with van der Waals surface area (Å²) in [6.07, 6.45) is 2.00. The zero-order valence-electron chi connectivity index (χ0n) is 15.7. The zero-order valence-corrected chi connectivity index (χ0v) is 15.7. The Morgan fingerprint density at radius 2 is 1.65 bits per heavy atom. The van der Waals surface area contributed by atoms with Crippen LogP contribution >= 0.6 is 0 Å². The second-order valence-corrected chi connectivity index (χ2v) is 6.84. The number of rotatable bonds is 6. The quantitative estimate of drug-likeness (QED) is 0.713. The maximum atomic E-state index is 12.3. The number of aromatic nitrogens is 2. The topological polar surface area (TPSA) is 55.0 Å². The van der Waals surface area contributed by atoms with Crippen LogP contribution in [0.1, 0.15) is 28.1 Å². The van der Waals surface area contributed by atoms with Gasteiger partial charge >= 0.3 is 0 Å². The van der Waals surface area contributed by atoms with E-state index in [1.54, 1.807) is 6.20 Å². The summed E-state index contributed by atoms with van der Waals surface area (Å²) in [5.74, 6) is 1.45. The Morgan fingerprint density at radius 3 is 2.31 bits per heavy atom. The minimum absolute atomic E-state index is 0.00539. The number of carbonyl (C=O) groups is 1. The second-order valence-electron chi connectivity index (χ2n) is 6.84. The van der Waals surface area contributed by atoms with Crippen LogP contribution in [-0.4, -0.2) is 22.4 Å². The molecule has 0 aliphatic rings. The first-order valence-corrected chi connectivity index (χ1v) is 8.75. The summed E-state index contributed by atoms with van der Waals surface area (Å²) < 4.78 is 5.77. The Morgan fingerprint density at radius 1 is 1.00 bits per heavy atom. The molecule has 0 atom stereocenters. The molecule has 0 aliphatic heterocycles. The van der Waals surface area contributed by atoms with Gasteiger partial charge in [0.1, 0.15) is 18.2 Å². The summed E-state index contributed by atoms with van der Waals surface area (Å²) in [5.41, 5.74) is 6.48. The van der Waals surface area contributed by atoms with Crippen LogP contribution in [0, 0.1) is 27.7 Å². The molecule has 0 saturated carbocycles. The van der Waals surface area contributed by atoms with Gasteiger partial charge < -0.3 is 9.72 Å². The lowest BCUT2D eigenvalue weighted by Crippen LogP contribution is -2.15. The number of carbonyl (C=O) groups excluding carboxylic acids is 1. The number of aromatic amines is 1. The van der Waals surface area contributed by atoms with Gasteiger partial charge in [0.15, 0.2) is 5.78 Å². The molecular weight excluding hydrogens is 324 g/mol. The van der Waals surface area contributed by atoms with Crippen LogP contribution in [0.15, 0.2) is 42.6 Å². The lowest BCUT2D eigenvalue weighted by molar-refractivity contribution is -0.120. The van der Waals surface area contributed by atoms with E-state index in [-0.39, 0.29) is 18.8 Å². The summed E-state index contributed by atoms with van der Waals surface area (Å²) in [5, 5.41) is 0. The van der Waals surface area contributed by atoms with Gasteiger partial charge in [0.2, 0.25) is 0 Å². The van der Waals surface area contributed by atoms with E-state index < -0.39 is 0 Å². The fraction of sp³-hybridized carbons (Fsp3) is 0.273. The van der Waals surface area contributed by atoms with Gasteiger partial charge in [-0.1, -0.05) is 47.5 Å². The molecule has 2 aromatic carbocycles. The standard InChI is InChI=1S/C22H24N2O2/c1-14-5-7-18(8-6-14)20-12-23-21(24-20)11-19(25)13-26-22-16(3)9-15(2)10-17(22)4/h5-10,12H,11,13H2,1-4H3,(H,23,24). The van der Waals surface area contributed by atoms with E-state index in [1.165, 1.54) is 11.1 Å². The van der Waals surface area contributed by atoms with Crippen LogP contribution in [0.3, 0.4) is 0 Å². The first-order chi connectivity index (χ1) is 12.4. The van der Waals surface area contributed by atoms with Gasteiger partial charge in [-0.05, 0) is 44.4 Å². The Labute approximate surface area is 154 Å². The first-order valence-electron chi connectivity index (χ1n) is 8.75. The number of ether oxygens (including phenoxy) is 1. The Hall–Kier alpha value is -2.88. The highest BCUT2D eigenvalue weighted by Gasteiger charge is 2.11. The highest BCUT2D eigenvalue weighted by atomic mass is 16.5. The highest BCUT2D eigenvalue weighted by molar-refractivity contribution is 5.82. The normalized spacial score (nSPS) is 10.8. The van der Waals surface area contributed by atoms with Gasteiger partial charge in [0.05, 0.1) is 18.3 Å². The molecule has 4 heteroatoms. The van der Waals surface area contributed by atoms with Crippen LogP contribution in [-0.2, 0) is 11.2 Å². The van der Waals surface area contributed by atoms with Crippen molar-refractivity contribution in [2.45, 2.75) is 34.1 Å². The van der Waals surface area contributed by atoms with Crippen LogP contribution < -0.4 is 4.74 Å². The van der Waals surface area contributed by atoms with Gasteiger partial charge in [-0.3, -0.25) is 4.79 Å². The third-order valence-corrected chi connectivity index (χ3v) is 4.34. The molecule has 1 heterocycles. The summed E-state index contributed by atoms with van der Waals surface area (Å²) in [7, 11) is 0. The highest BCUT2D eigenvalue weighted by Crippen LogP contribution is 2.24. The summed E-state index contributed by atoms with van der Waals surface area (Å²) in [4.78, 5) is 19.8. The van der Waals surface area contributed by atoms with Gasteiger partial charge in [-0.2, -0.15) is 0 Å². The molecule has 0 radical (unpaired) electrons. The second kappa shape index (κ2) is 7.56. The Kier molecular flexibility index (Phi) is 5.21. The lowest BCUT2D eigenvalue weighted by atomic mass is 10.1. The van der Waals surface area contributed by atoms with Crippen molar-refractivity contribution >= 4 is 5.78 Å². The van der Waals surface area contributed by atoms with E-state index in [0.29, 0.717) is 5.82 Å². The first kappa shape index (κ1) is 17.9. The largest absolute Gasteiger partial charge is 0.485 e. The zero-order chi connectivity index (χ0) is 18.7. The molecule has 3 rings (SSSR count). The molecule has 134 valence electrons. The fourth-order valence-corrected chi connectivity index (χ4v) is 3.12. The van der Waals surface area contributed by atoms with Gasteiger partial charge in [-0.25, -0.2) is 4.98 Å². The number of H-pyrrole nitrogens is 1. The Balaban J connectivity index is 1.62. The van der Waals surface area contributed by atoms with Crippen molar-refractivity contribution in [3.05, 3.63) is 70.7 Å². The number of imidazole rings is 1. The van der Waals surface area contributed by atoms with Crippen molar-refractivity contribution in [1.29, 1.82) is 0 Å². The van der Waals surface area contributed by atoms with Crippen LogP contribution in [0.25, 0.3) is 11.3 Å². The van der Waals surface area contributed by atoms with E-state index >= 15 is 0 Å². The molecule has 0 unspecified atom stereocenters. The predicted molar refractivity (Wildman–Crippen MR) is 104 cm³/mol. The minimum atomic E-state index is -0.00539. The van der Waals surface area contributed by atoms with Crippen molar-refractivity contribution in [3.63, 3.8) is 0 Å². The number of hydrogen-bond donors (Lipinski definition) is 1. The summed E-state index contributed by atoms with van der Waals surface area (Å²) >= 11 is 0. The van der Waals surface area contributed by atoms with Crippen molar-refractivity contribution in [1.82, 2.24) is 9.97 Å². The van der Waals surface area contributed by atoms with Crippen molar-refractivity contribution < 1.29 is 9.53 Å². The smallest absolute Gasteiger partial charge is 0.177 e. The summed E-state index contributed by atoms with van der Waals surface area (Å²) in [6.45, 7) is 8.15. The average Bonchev–Trinajstić information content (AvgIpc) is 3.03. The van der Waals surface area contributed by atoms with E-state index in [1.807, 2.05) is 26.0 Å². The summed E-state index contributed by atoms with van der Waals surface area (Å²) in [6, 6.07) is 12.3. The molecule has 0 saturated heterocycles. The molecule has 0 aliphatic carbocycles. The SMILES string of the molecule is Cc1ccc(-c2cnc(CC(=O)COc3c(C)cc(C)cc3C)[nH]2)cc1. The van der Waals surface area contributed by atoms with Gasteiger partial charge in [0.25, 0.3) is 0 Å². The van der Waals surface area contributed by atoms with Gasteiger partial charge in [-0.15, -0.1) is 0 Å². The van der Waals surface area contributed by atoms with Crippen LogP contribution in [0.4, 0.5) is 0 Å². The molecule has 1 N–H and O–H groups in total. The van der Waals surface area contributed by atoms with E-state index in [4.69, 9.17) is 4.74 Å². The molecule has 0 amide bonds. The molecular formula is C22H24N2O2. The van der Waals surface area contributed by atoms with Crippen molar-refractivity contribution in [2.75, 3.05) is 6.61 Å². The molecule has 4 nitrogen and oxygen atoms in total. The third kappa shape index (κ3) is 4.20. The lowest BCUT2D eigenvalue weighted by Gasteiger charge is -2.12. The van der Waals surface area contributed by atoms with E-state index in [9.17, 15) is 4.79 Å². The molecule has 3 aromatic rings. The number of nitrogens with zero attached hydrogens (tertiary/aromatic N) is 1. The molecule has 26 heavy (non-hydrogen) atoms. The number of Topliss-reactive ketones (excluding diaryl/α,β-unsaturated/α-hetero) is 1. The number of aryl methyl sites for hydroxylation is 4. The number of nitrogens with one attached hydrogen (secondary N) is 1. The van der Waals surface area contributed by atoms with Crippen LogP contribution in [0.2, 0.25) is 0 Å². The van der Waals surface area contributed by atoms with Crippen molar-refractivity contribution in [2.24, 2.45) is 0 Å². The number of ketones is 1. The molecule has 0 bridgehead atoms. The van der Waals surface area contributed by atoms with Crippen LogP contribution in [0.5, 0.6) is 5.75 Å². The molecule has 1 aromatic heterocycles. The van der Waals surface area contributed by atoms with E-state index in [2.05, 4.69) is 48.1 Å². The molecule has 0 spiro atoms. The number of benzene rings is 2. The maximum Gasteiger partial charge on any atom is 0.177 e. The fourth-order valence-electron chi connectivity index (χ4n) is 3.12.